The van der Waals surface area contributed by atoms with E-state index in [1.54, 1.807) is 0 Å². The molecule has 0 saturated heterocycles. The van der Waals surface area contributed by atoms with E-state index in [9.17, 15) is 17.2 Å². The summed E-state index contributed by atoms with van der Waals surface area (Å²) in [4.78, 5) is 3.54. The Hall–Kier alpha value is -2.32. The van der Waals surface area contributed by atoms with Gasteiger partial charge in [0.25, 0.3) is 10.0 Å². The van der Waals surface area contributed by atoms with Gasteiger partial charge >= 0.3 is 0 Å². The van der Waals surface area contributed by atoms with E-state index in [0.29, 0.717) is 11.1 Å². The van der Waals surface area contributed by atoms with E-state index >= 15 is 0 Å². The third-order valence-electron chi connectivity index (χ3n) is 2.95. The van der Waals surface area contributed by atoms with Gasteiger partial charge in [-0.25, -0.2) is 22.2 Å². The van der Waals surface area contributed by atoms with Gasteiger partial charge in [0.05, 0.1) is 0 Å². The molecule has 4 nitrogen and oxygen atoms in total. The number of halogens is 2. The van der Waals surface area contributed by atoms with E-state index in [-0.39, 0.29) is 5.82 Å². The molecule has 3 rings (SSSR count). The largest absolute Gasteiger partial charge is 0.265 e. The number of benzene rings is 2. The van der Waals surface area contributed by atoms with Crippen molar-refractivity contribution >= 4 is 27.2 Å². The second kappa shape index (κ2) is 6.05. The molecule has 0 bridgehead atoms. The molecular formula is C15H10F2N2O2S2. The number of aromatic nitrogens is 1. The Morgan fingerprint density at radius 2 is 1.78 bits per heavy atom. The Balaban J connectivity index is 1.88. The zero-order valence-corrected chi connectivity index (χ0v) is 13.2. The highest BCUT2D eigenvalue weighted by Gasteiger charge is 2.21. The van der Waals surface area contributed by atoms with E-state index in [1.165, 1.54) is 16.7 Å². The molecule has 0 aliphatic rings. The van der Waals surface area contributed by atoms with Gasteiger partial charge in [0.15, 0.2) is 5.82 Å². The molecule has 0 aliphatic heterocycles. The summed E-state index contributed by atoms with van der Waals surface area (Å²) in [6.45, 7) is 0. The Bertz CT molecular complexity index is 941. The van der Waals surface area contributed by atoms with Crippen molar-refractivity contribution in [1.82, 2.24) is 4.98 Å². The van der Waals surface area contributed by atoms with Crippen molar-refractivity contribution in [3.63, 3.8) is 0 Å². The molecule has 0 aliphatic carbocycles. The molecule has 0 amide bonds. The Morgan fingerprint density at radius 3 is 2.48 bits per heavy atom. The van der Waals surface area contributed by atoms with Crippen LogP contribution in [0.3, 0.4) is 0 Å². The van der Waals surface area contributed by atoms with E-state index in [0.717, 1.165) is 17.7 Å². The van der Waals surface area contributed by atoms with Gasteiger partial charge in [-0.05, 0) is 12.1 Å². The highest BCUT2D eigenvalue weighted by atomic mass is 32.2. The summed E-state index contributed by atoms with van der Waals surface area (Å²) in [5.41, 5.74) is 0.843. The molecule has 23 heavy (non-hydrogen) atoms. The maximum atomic E-state index is 13.6. The molecule has 1 aromatic heterocycles. The molecule has 1 N–H and O–H groups in total. The van der Waals surface area contributed by atoms with Crippen molar-refractivity contribution in [3.8, 4) is 10.6 Å². The van der Waals surface area contributed by atoms with Crippen molar-refractivity contribution in [3.05, 3.63) is 65.5 Å². The minimum atomic E-state index is -4.18. The third kappa shape index (κ3) is 3.38. The van der Waals surface area contributed by atoms with E-state index in [2.05, 4.69) is 9.71 Å². The van der Waals surface area contributed by atoms with Crippen LogP contribution in [0, 0.1) is 11.6 Å². The molecule has 0 spiro atoms. The van der Waals surface area contributed by atoms with Gasteiger partial charge in [0.2, 0.25) is 0 Å². The maximum absolute atomic E-state index is 13.6. The van der Waals surface area contributed by atoms with Crippen LogP contribution < -0.4 is 4.72 Å². The monoisotopic (exact) mass is 352 g/mol. The summed E-state index contributed by atoms with van der Waals surface area (Å²) in [5.74, 6) is -1.92. The van der Waals surface area contributed by atoms with Crippen molar-refractivity contribution < 1.29 is 17.2 Å². The topological polar surface area (TPSA) is 59.1 Å². The number of anilines is 1. The smallest absolute Gasteiger partial charge is 0.263 e. The fourth-order valence-corrected chi connectivity index (χ4v) is 3.81. The molecule has 0 atom stereocenters. The van der Waals surface area contributed by atoms with Gasteiger partial charge in [0.1, 0.15) is 21.5 Å². The predicted molar refractivity (Wildman–Crippen MR) is 84.7 cm³/mol. The van der Waals surface area contributed by atoms with Crippen LogP contribution in [0.2, 0.25) is 0 Å². The third-order valence-corrected chi connectivity index (χ3v) is 5.23. The van der Waals surface area contributed by atoms with E-state index in [4.69, 9.17) is 0 Å². The SMILES string of the molecule is O=S(=O)(Nc1csc(-c2ccccc2)n1)c1ccc(F)cc1F. The fourth-order valence-electron chi connectivity index (χ4n) is 1.92. The summed E-state index contributed by atoms with van der Waals surface area (Å²) in [5, 5.41) is 2.14. The number of nitrogens with one attached hydrogen (secondary N) is 1. The van der Waals surface area contributed by atoms with Gasteiger partial charge in [-0.15, -0.1) is 11.3 Å². The normalized spacial score (nSPS) is 11.4. The number of sulfonamides is 1. The van der Waals surface area contributed by atoms with Crippen LogP contribution in [0.15, 0.2) is 58.8 Å². The Morgan fingerprint density at radius 1 is 1.04 bits per heavy atom. The quantitative estimate of drug-likeness (QED) is 0.775. The lowest BCUT2D eigenvalue weighted by Crippen LogP contribution is -2.15. The molecule has 0 fully saturated rings. The average Bonchev–Trinajstić information content (AvgIpc) is 2.95. The fraction of sp³-hybridized carbons (Fsp3) is 0. The van der Waals surface area contributed by atoms with Crippen molar-refractivity contribution in [2.45, 2.75) is 4.90 Å². The summed E-state index contributed by atoms with van der Waals surface area (Å²) in [6, 6.07) is 11.5. The summed E-state index contributed by atoms with van der Waals surface area (Å²) < 4.78 is 53.1. The molecular weight excluding hydrogens is 342 g/mol. The molecule has 118 valence electrons. The van der Waals surface area contributed by atoms with Crippen molar-refractivity contribution in [2.24, 2.45) is 0 Å². The maximum Gasteiger partial charge on any atom is 0.265 e. The summed E-state index contributed by atoms with van der Waals surface area (Å²) in [6.07, 6.45) is 0. The number of rotatable bonds is 4. The van der Waals surface area contributed by atoms with Crippen LogP contribution in [0.25, 0.3) is 10.6 Å². The number of thiazole rings is 1. The van der Waals surface area contributed by atoms with Crippen LogP contribution in [0.4, 0.5) is 14.6 Å². The van der Waals surface area contributed by atoms with Gasteiger partial charge in [0, 0.05) is 17.0 Å². The predicted octanol–water partition coefficient (Wildman–Crippen LogP) is 3.89. The van der Waals surface area contributed by atoms with Crippen molar-refractivity contribution in [1.29, 1.82) is 0 Å². The zero-order chi connectivity index (χ0) is 16.4. The first-order chi connectivity index (χ1) is 11.0. The number of nitrogens with zero attached hydrogens (tertiary/aromatic N) is 1. The summed E-state index contributed by atoms with van der Waals surface area (Å²) in [7, 11) is -4.18. The van der Waals surface area contributed by atoms with Crippen LogP contribution in [0.5, 0.6) is 0 Å². The van der Waals surface area contributed by atoms with Gasteiger partial charge in [-0.1, -0.05) is 30.3 Å². The molecule has 2 aromatic carbocycles. The molecule has 3 aromatic rings. The van der Waals surface area contributed by atoms with Gasteiger partial charge in [-0.3, -0.25) is 4.72 Å². The Kier molecular flexibility index (Phi) is 4.10. The number of hydrogen-bond donors (Lipinski definition) is 1. The highest BCUT2D eigenvalue weighted by molar-refractivity contribution is 7.92. The standard InChI is InChI=1S/C15H10F2N2O2S2/c16-11-6-7-13(12(17)8-11)23(20,21)19-14-9-22-15(18-14)10-4-2-1-3-5-10/h1-9,19H. The lowest BCUT2D eigenvalue weighted by atomic mass is 10.2. The first-order valence-electron chi connectivity index (χ1n) is 6.44. The Labute approximate surface area is 135 Å². The zero-order valence-electron chi connectivity index (χ0n) is 11.5. The van der Waals surface area contributed by atoms with Crippen LogP contribution in [0.1, 0.15) is 0 Å². The van der Waals surface area contributed by atoms with Crippen molar-refractivity contribution in [2.75, 3.05) is 4.72 Å². The first-order valence-corrected chi connectivity index (χ1v) is 8.81. The molecule has 0 radical (unpaired) electrons. The molecule has 0 saturated carbocycles. The molecule has 8 heteroatoms. The lowest BCUT2D eigenvalue weighted by Gasteiger charge is -2.06. The highest BCUT2D eigenvalue weighted by Crippen LogP contribution is 2.27. The van der Waals surface area contributed by atoms with Gasteiger partial charge in [-0.2, -0.15) is 0 Å². The van der Waals surface area contributed by atoms with E-state index in [1.807, 2.05) is 30.3 Å². The van der Waals surface area contributed by atoms with Crippen LogP contribution in [-0.4, -0.2) is 13.4 Å². The second-order valence-corrected chi connectivity index (χ2v) is 7.09. The van der Waals surface area contributed by atoms with E-state index < -0.39 is 26.6 Å². The second-order valence-electron chi connectivity index (χ2n) is 4.58. The van der Waals surface area contributed by atoms with Crippen LogP contribution in [-0.2, 0) is 10.0 Å². The minimum absolute atomic E-state index is 0.0811. The lowest BCUT2D eigenvalue weighted by molar-refractivity contribution is 0.551. The molecule has 0 unspecified atom stereocenters. The van der Waals surface area contributed by atoms with Gasteiger partial charge < -0.3 is 0 Å². The van der Waals surface area contributed by atoms with Crippen LogP contribution >= 0.6 is 11.3 Å². The average molecular weight is 352 g/mol. The summed E-state index contributed by atoms with van der Waals surface area (Å²) >= 11 is 1.25. The first kappa shape index (κ1) is 15.6. The number of hydrogen-bond acceptors (Lipinski definition) is 4. The molecule has 1 heterocycles. The minimum Gasteiger partial charge on any atom is -0.263 e.